The summed E-state index contributed by atoms with van der Waals surface area (Å²) < 4.78 is 0. The Bertz CT molecular complexity index is 407. The van der Waals surface area contributed by atoms with Crippen molar-refractivity contribution in [3.05, 3.63) is 16.6 Å². The maximum absolute atomic E-state index is 12.3. The maximum atomic E-state index is 12.3. The van der Waals surface area contributed by atoms with Gasteiger partial charge in [-0.25, -0.2) is 4.98 Å². The van der Waals surface area contributed by atoms with Crippen molar-refractivity contribution in [2.24, 2.45) is 17.1 Å². The Kier molecular flexibility index (Phi) is 5.10. The normalized spacial score (nSPS) is 14.2. The number of hydrogen-bond acceptors (Lipinski definition) is 4. The zero-order valence-electron chi connectivity index (χ0n) is 12.5. The average molecular weight is 283 g/mol. The van der Waals surface area contributed by atoms with Crippen LogP contribution in [-0.4, -0.2) is 17.4 Å². The van der Waals surface area contributed by atoms with E-state index in [1.54, 1.807) is 17.5 Å². The Morgan fingerprint density at radius 3 is 2.47 bits per heavy atom. The molecule has 0 bridgehead atoms. The molecule has 0 saturated heterocycles. The van der Waals surface area contributed by atoms with Crippen LogP contribution in [0.2, 0.25) is 0 Å². The summed E-state index contributed by atoms with van der Waals surface area (Å²) in [4.78, 5) is 16.6. The lowest BCUT2D eigenvalue weighted by molar-refractivity contribution is -0.127. The quantitative estimate of drug-likeness (QED) is 0.872. The highest BCUT2D eigenvalue weighted by Crippen LogP contribution is 2.26. The molecule has 108 valence electrons. The van der Waals surface area contributed by atoms with Crippen molar-refractivity contribution in [2.75, 3.05) is 6.54 Å². The number of thiazole rings is 1. The van der Waals surface area contributed by atoms with Crippen LogP contribution in [0, 0.1) is 11.3 Å². The largest absolute Gasteiger partial charge is 0.344 e. The van der Waals surface area contributed by atoms with Crippen molar-refractivity contribution in [3.8, 4) is 0 Å². The summed E-state index contributed by atoms with van der Waals surface area (Å²) in [6, 6.07) is 0. The van der Waals surface area contributed by atoms with Gasteiger partial charge in [0, 0.05) is 18.1 Å². The number of hydrogen-bond donors (Lipinski definition) is 2. The highest BCUT2D eigenvalue weighted by Gasteiger charge is 2.30. The third-order valence-electron chi connectivity index (χ3n) is 2.92. The van der Waals surface area contributed by atoms with Crippen LogP contribution < -0.4 is 11.1 Å². The van der Waals surface area contributed by atoms with E-state index in [-0.39, 0.29) is 17.2 Å². The summed E-state index contributed by atoms with van der Waals surface area (Å²) in [5.74, 6) is -0.142. The molecular weight excluding hydrogens is 258 g/mol. The minimum atomic E-state index is -0.448. The van der Waals surface area contributed by atoms with Crippen LogP contribution in [0.3, 0.4) is 0 Å². The van der Waals surface area contributed by atoms with Crippen LogP contribution in [0.4, 0.5) is 0 Å². The SMILES string of the molecule is CC(C)(C)CC(CN)C(=O)NC(C)(C)c1nccs1. The first-order chi connectivity index (χ1) is 8.65. The van der Waals surface area contributed by atoms with E-state index in [0.717, 1.165) is 11.4 Å². The molecule has 0 spiro atoms. The van der Waals surface area contributed by atoms with Gasteiger partial charge in [-0.05, 0) is 25.7 Å². The number of nitrogens with zero attached hydrogens (tertiary/aromatic N) is 1. The summed E-state index contributed by atoms with van der Waals surface area (Å²) in [5, 5.41) is 5.89. The minimum absolute atomic E-state index is 0.0117. The molecule has 0 aromatic carbocycles. The van der Waals surface area contributed by atoms with Gasteiger partial charge in [0.2, 0.25) is 5.91 Å². The lowest BCUT2D eigenvalue weighted by Crippen LogP contribution is -2.46. The number of carbonyl (C=O) groups is 1. The van der Waals surface area contributed by atoms with Crippen LogP contribution in [-0.2, 0) is 10.3 Å². The molecule has 0 aliphatic heterocycles. The van der Waals surface area contributed by atoms with Gasteiger partial charge in [-0.2, -0.15) is 0 Å². The molecule has 1 aromatic rings. The number of nitrogens with one attached hydrogen (secondary N) is 1. The first-order valence-electron chi connectivity index (χ1n) is 6.58. The van der Waals surface area contributed by atoms with Crippen molar-refractivity contribution in [1.29, 1.82) is 0 Å². The fourth-order valence-electron chi connectivity index (χ4n) is 2.02. The second-order valence-electron chi connectivity index (χ2n) is 6.65. The van der Waals surface area contributed by atoms with Crippen molar-refractivity contribution in [3.63, 3.8) is 0 Å². The molecule has 19 heavy (non-hydrogen) atoms. The van der Waals surface area contributed by atoms with E-state index >= 15 is 0 Å². The molecule has 3 N–H and O–H groups in total. The van der Waals surface area contributed by atoms with Crippen LogP contribution >= 0.6 is 11.3 Å². The number of amides is 1. The van der Waals surface area contributed by atoms with Gasteiger partial charge in [-0.1, -0.05) is 20.8 Å². The van der Waals surface area contributed by atoms with Gasteiger partial charge in [0.25, 0.3) is 0 Å². The van der Waals surface area contributed by atoms with Crippen LogP contribution in [0.5, 0.6) is 0 Å². The maximum Gasteiger partial charge on any atom is 0.225 e. The summed E-state index contributed by atoms with van der Waals surface area (Å²) in [6.45, 7) is 10.7. The zero-order valence-corrected chi connectivity index (χ0v) is 13.3. The van der Waals surface area contributed by atoms with E-state index in [4.69, 9.17) is 5.73 Å². The molecule has 0 aliphatic rings. The zero-order chi connectivity index (χ0) is 14.7. The number of carbonyl (C=O) groups excluding carboxylic acids is 1. The highest BCUT2D eigenvalue weighted by atomic mass is 32.1. The second kappa shape index (κ2) is 6.01. The Morgan fingerprint density at radius 2 is 2.05 bits per heavy atom. The molecule has 1 aromatic heterocycles. The van der Waals surface area contributed by atoms with Gasteiger partial charge in [0.15, 0.2) is 0 Å². The number of nitrogens with two attached hydrogens (primary N) is 1. The molecule has 1 rings (SSSR count). The van der Waals surface area contributed by atoms with E-state index in [9.17, 15) is 4.79 Å². The summed E-state index contributed by atoms with van der Waals surface area (Å²) in [7, 11) is 0. The van der Waals surface area contributed by atoms with Crippen molar-refractivity contribution in [1.82, 2.24) is 10.3 Å². The van der Waals surface area contributed by atoms with Gasteiger partial charge in [0.1, 0.15) is 5.01 Å². The molecule has 1 unspecified atom stereocenters. The molecule has 4 nitrogen and oxygen atoms in total. The fraction of sp³-hybridized carbons (Fsp3) is 0.714. The highest BCUT2D eigenvalue weighted by molar-refractivity contribution is 7.09. The Morgan fingerprint density at radius 1 is 1.42 bits per heavy atom. The molecule has 1 atom stereocenters. The van der Waals surface area contributed by atoms with E-state index in [1.165, 1.54) is 0 Å². The van der Waals surface area contributed by atoms with Crippen LogP contribution in [0.25, 0.3) is 0 Å². The molecule has 5 heteroatoms. The Balaban J connectivity index is 2.72. The van der Waals surface area contributed by atoms with E-state index in [1.807, 2.05) is 19.2 Å². The first kappa shape index (κ1) is 16.1. The van der Waals surface area contributed by atoms with Gasteiger partial charge >= 0.3 is 0 Å². The summed E-state index contributed by atoms with van der Waals surface area (Å²) in [5.41, 5.74) is 5.39. The number of rotatable bonds is 5. The standard InChI is InChI=1S/C14H25N3OS/c1-13(2,3)8-10(9-15)11(18)17-14(4,5)12-16-6-7-19-12/h6-7,10H,8-9,15H2,1-5H3,(H,17,18). The fourth-order valence-corrected chi connectivity index (χ4v) is 2.74. The van der Waals surface area contributed by atoms with E-state index in [2.05, 4.69) is 31.1 Å². The van der Waals surface area contributed by atoms with E-state index < -0.39 is 5.54 Å². The molecule has 1 heterocycles. The van der Waals surface area contributed by atoms with Gasteiger partial charge < -0.3 is 11.1 Å². The summed E-state index contributed by atoms with van der Waals surface area (Å²) in [6.07, 6.45) is 2.53. The average Bonchev–Trinajstić information content (AvgIpc) is 2.77. The summed E-state index contributed by atoms with van der Waals surface area (Å²) >= 11 is 1.55. The third kappa shape index (κ3) is 4.91. The van der Waals surface area contributed by atoms with Gasteiger partial charge in [-0.3, -0.25) is 4.79 Å². The molecular formula is C14H25N3OS. The molecule has 1 amide bonds. The predicted octanol–water partition coefficient (Wildman–Crippen LogP) is 2.51. The lowest BCUT2D eigenvalue weighted by atomic mass is 9.84. The van der Waals surface area contributed by atoms with Crippen LogP contribution in [0.15, 0.2) is 11.6 Å². The molecule has 0 fully saturated rings. The minimum Gasteiger partial charge on any atom is -0.344 e. The van der Waals surface area contributed by atoms with Crippen molar-refractivity contribution in [2.45, 2.75) is 46.6 Å². The number of aromatic nitrogens is 1. The van der Waals surface area contributed by atoms with Gasteiger partial charge in [-0.15, -0.1) is 11.3 Å². The Hall–Kier alpha value is -0.940. The predicted molar refractivity (Wildman–Crippen MR) is 79.9 cm³/mol. The van der Waals surface area contributed by atoms with Crippen molar-refractivity contribution >= 4 is 17.2 Å². The topological polar surface area (TPSA) is 68.0 Å². The van der Waals surface area contributed by atoms with Crippen molar-refractivity contribution < 1.29 is 4.79 Å². The first-order valence-corrected chi connectivity index (χ1v) is 7.46. The monoisotopic (exact) mass is 283 g/mol. The third-order valence-corrected chi connectivity index (χ3v) is 4.01. The lowest BCUT2D eigenvalue weighted by Gasteiger charge is -2.29. The van der Waals surface area contributed by atoms with Crippen LogP contribution in [0.1, 0.15) is 46.0 Å². The molecule has 0 radical (unpaired) electrons. The Labute approximate surface area is 119 Å². The smallest absolute Gasteiger partial charge is 0.225 e. The second-order valence-corrected chi connectivity index (χ2v) is 7.54. The molecule has 0 aliphatic carbocycles. The molecule has 0 saturated carbocycles. The van der Waals surface area contributed by atoms with Gasteiger partial charge in [0.05, 0.1) is 11.5 Å². The van der Waals surface area contributed by atoms with E-state index in [0.29, 0.717) is 6.54 Å².